The van der Waals surface area contributed by atoms with Crippen LogP contribution in [0.3, 0.4) is 0 Å². The lowest BCUT2D eigenvalue weighted by atomic mass is 10.4. The van der Waals surface area contributed by atoms with Crippen LogP contribution in [0.4, 0.5) is 5.13 Å². The molecule has 1 aliphatic rings. The molecule has 0 aromatic carbocycles. The summed E-state index contributed by atoms with van der Waals surface area (Å²) in [6, 6.07) is 0. The summed E-state index contributed by atoms with van der Waals surface area (Å²) < 4.78 is 5.50. The number of aromatic nitrogens is 2. The van der Waals surface area contributed by atoms with Crippen molar-refractivity contribution >= 4 is 22.4 Å². The van der Waals surface area contributed by atoms with E-state index in [9.17, 15) is 4.79 Å². The summed E-state index contributed by atoms with van der Waals surface area (Å²) in [6.07, 6.45) is 2.57. The van der Waals surface area contributed by atoms with Gasteiger partial charge in [-0.25, -0.2) is 0 Å². The molecular formula is C11H18N4O2S. The molecule has 1 N–H and O–H groups in total. The molecule has 1 aromatic rings. The number of carbonyl (C=O) groups is 1. The lowest BCUT2D eigenvalue weighted by molar-refractivity contribution is 0.0680. The van der Waals surface area contributed by atoms with Crippen LogP contribution in [0.1, 0.15) is 22.6 Å². The van der Waals surface area contributed by atoms with Crippen LogP contribution in [0.5, 0.6) is 0 Å². The lowest BCUT2D eigenvalue weighted by Gasteiger charge is -2.15. The number of rotatable bonds is 7. The number of ether oxygens (including phenoxy) is 1. The smallest absolute Gasteiger partial charge is 0.284 e. The molecule has 1 aliphatic carbocycles. The van der Waals surface area contributed by atoms with Gasteiger partial charge in [-0.1, -0.05) is 11.3 Å². The molecule has 1 fully saturated rings. The van der Waals surface area contributed by atoms with Crippen LogP contribution in [0, 0.1) is 5.92 Å². The third kappa shape index (κ3) is 3.64. The Morgan fingerprint density at radius 1 is 1.56 bits per heavy atom. The highest BCUT2D eigenvalue weighted by Gasteiger charge is 2.21. The van der Waals surface area contributed by atoms with Crippen molar-refractivity contribution < 1.29 is 9.53 Å². The van der Waals surface area contributed by atoms with Gasteiger partial charge in [0.1, 0.15) is 0 Å². The number of nitrogens with one attached hydrogen (secondary N) is 1. The largest absolute Gasteiger partial charge is 0.379 e. The first kappa shape index (κ1) is 13.2. The maximum atomic E-state index is 12.0. The predicted octanol–water partition coefficient (Wildman–Crippen LogP) is 1.08. The van der Waals surface area contributed by atoms with E-state index in [1.807, 2.05) is 0 Å². The number of hydrogen-bond donors (Lipinski definition) is 1. The third-order valence-corrected chi connectivity index (χ3v) is 3.72. The van der Waals surface area contributed by atoms with Crippen molar-refractivity contribution in [2.24, 2.45) is 5.92 Å². The molecule has 1 saturated carbocycles. The fourth-order valence-electron chi connectivity index (χ4n) is 1.41. The summed E-state index contributed by atoms with van der Waals surface area (Å²) >= 11 is 1.26. The first-order valence-corrected chi connectivity index (χ1v) is 6.87. The first-order valence-electron chi connectivity index (χ1n) is 6.05. The van der Waals surface area contributed by atoms with E-state index in [0.29, 0.717) is 23.3 Å². The second-order valence-electron chi connectivity index (χ2n) is 4.41. The molecule has 2 rings (SSSR count). The average molecular weight is 270 g/mol. The normalized spacial score (nSPS) is 14.6. The Morgan fingerprint density at radius 3 is 2.94 bits per heavy atom. The molecule has 1 heterocycles. The van der Waals surface area contributed by atoms with E-state index in [-0.39, 0.29) is 5.91 Å². The Morgan fingerprint density at radius 2 is 2.33 bits per heavy atom. The Bertz CT molecular complexity index is 406. The van der Waals surface area contributed by atoms with E-state index in [4.69, 9.17) is 4.74 Å². The number of carbonyl (C=O) groups excluding carboxylic acids is 1. The van der Waals surface area contributed by atoms with Gasteiger partial charge >= 0.3 is 0 Å². The highest BCUT2D eigenvalue weighted by Crippen LogP contribution is 2.28. The molecule has 0 aliphatic heterocycles. The molecule has 100 valence electrons. The Kier molecular flexibility index (Phi) is 4.48. The van der Waals surface area contributed by atoms with E-state index < -0.39 is 0 Å². The number of amides is 1. The molecule has 6 nitrogen and oxygen atoms in total. The van der Waals surface area contributed by atoms with E-state index in [0.717, 1.165) is 12.5 Å². The zero-order chi connectivity index (χ0) is 13.0. The number of likely N-dealkylation sites (N-methyl/N-ethyl adjacent to an activating group) is 1. The average Bonchev–Trinajstić information content (AvgIpc) is 3.08. The second kappa shape index (κ2) is 6.10. The van der Waals surface area contributed by atoms with Crippen molar-refractivity contribution in [3.8, 4) is 0 Å². The van der Waals surface area contributed by atoms with Crippen molar-refractivity contribution in [1.82, 2.24) is 15.1 Å². The maximum Gasteiger partial charge on any atom is 0.284 e. The van der Waals surface area contributed by atoms with Gasteiger partial charge < -0.3 is 15.0 Å². The molecule has 1 aromatic heterocycles. The van der Waals surface area contributed by atoms with Crippen LogP contribution in [0.25, 0.3) is 0 Å². The molecule has 0 saturated heterocycles. The molecule has 1 amide bonds. The monoisotopic (exact) mass is 270 g/mol. The first-order chi connectivity index (χ1) is 8.70. The third-order valence-electron chi connectivity index (χ3n) is 2.79. The van der Waals surface area contributed by atoms with Gasteiger partial charge in [-0.2, -0.15) is 0 Å². The Balaban J connectivity index is 1.72. The number of nitrogens with zero attached hydrogens (tertiary/aromatic N) is 3. The zero-order valence-electron chi connectivity index (χ0n) is 10.7. The van der Waals surface area contributed by atoms with Gasteiger partial charge in [-0.15, -0.1) is 10.2 Å². The molecule has 0 unspecified atom stereocenters. The molecule has 0 spiro atoms. The molecular weight excluding hydrogens is 252 g/mol. The minimum Gasteiger partial charge on any atom is -0.379 e. The van der Waals surface area contributed by atoms with Crippen LogP contribution in [-0.4, -0.2) is 54.9 Å². The molecule has 18 heavy (non-hydrogen) atoms. The van der Waals surface area contributed by atoms with Gasteiger partial charge in [0.05, 0.1) is 6.61 Å². The summed E-state index contributed by atoms with van der Waals surface area (Å²) in [5.74, 6) is 0.649. The van der Waals surface area contributed by atoms with Gasteiger partial charge in [0.15, 0.2) is 0 Å². The van der Waals surface area contributed by atoms with Crippen LogP contribution in [-0.2, 0) is 4.74 Å². The number of anilines is 1. The summed E-state index contributed by atoms with van der Waals surface area (Å²) in [7, 11) is 3.51. The summed E-state index contributed by atoms with van der Waals surface area (Å²) in [6.45, 7) is 1.99. The van der Waals surface area contributed by atoms with E-state index >= 15 is 0 Å². The van der Waals surface area contributed by atoms with Crippen molar-refractivity contribution in [2.75, 3.05) is 39.2 Å². The van der Waals surface area contributed by atoms with Crippen molar-refractivity contribution in [3.05, 3.63) is 5.01 Å². The van der Waals surface area contributed by atoms with Crippen LogP contribution in [0.15, 0.2) is 0 Å². The maximum absolute atomic E-state index is 12.0. The standard InChI is InChI=1S/C11H18N4O2S/c1-12-11-14-13-9(18-11)10(16)15(2)5-6-17-7-8-3-4-8/h8H,3-7H2,1-2H3,(H,12,14). The quantitative estimate of drug-likeness (QED) is 0.751. The Labute approximate surface area is 110 Å². The van der Waals surface area contributed by atoms with Gasteiger partial charge in [-0.05, 0) is 18.8 Å². The molecule has 0 bridgehead atoms. The Hall–Kier alpha value is -1.21. The summed E-state index contributed by atoms with van der Waals surface area (Å²) in [4.78, 5) is 13.6. The predicted molar refractivity (Wildman–Crippen MR) is 70.0 cm³/mol. The fourth-order valence-corrected chi connectivity index (χ4v) is 2.10. The van der Waals surface area contributed by atoms with E-state index in [1.54, 1.807) is 19.0 Å². The SMILES string of the molecule is CNc1nnc(C(=O)N(C)CCOCC2CC2)s1. The van der Waals surface area contributed by atoms with Gasteiger partial charge in [-0.3, -0.25) is 4.79 Å². The van der Waals surface area contributed by atoms with E-state index in [2.05, 4.69) is 15.5 Å². The van der Waals surface area contributed by atoms with Crippen LogP contribution >= 0.6 is 11.3 Å². The second-order valence-corrected chi connectivity index (χ2v) is 5.38. The number of hydrogen-bond acceptors (Lipinski definition) is 6. The minimum atomic E-state index is -0.107. The van der Waals surface area contributed by atoms with Gasteiger partial charge in [0.25, 0.3) is 5.91 Å². The van der Waals surface area contributed by atoms with Gasteiger partial charge in [0, 0.05) is 27.2 Å². The topological polar surface area (TPSA) is 67.4 Å². The lowest BCUT2D eigenvalue weighted by Crippen LogP contribution is -2.30. The van der Waals surface area contributed by atoms with Crippen LogP contribution < -0.4 is 5.32 Å². The van der Waals surface area contributed by atoms with Crippen LogP contribution in [0.2, 0.25) is 0 Å². The zero-order valence-corrected chi connectivity index (χ0v) is 11.5. The van der Waals surface area contributed by atoms with Crippen molar-refractivity contribution in [2.45, 2.75) is 12.8 Å². The van der Waals surface area contributed by atoms with Crippen molar-refractivity contribution in [1.29, 1.82) is 0 Å². The van der Waals surface area contributed by atoms with Gasteiger partial charge in [0.2, 0.25) is 10.1 Å². The molecule has 0 atom stereocenters. The van der Waals surface area contributed by atoms with E-state index in [1.165, 1.54) is 24.2 Å². The molecule has 7 heteroatoms. The summed E-state index contributed by atoms with van der Waals surface area (Å²) in [5.41, 5.74) is 0. The summed E-state index contributed by atoms with van der Waals surface area (Å²) in [5, 5.41) is 11.6. The minimum absolute atomic E-state index is 0.107. The molecule has 0 radical (unpaired) electrons. The highest BCUT2D eigenvalue weighted by atomic mass is 32.1. The van der Waals surface area contributed by atoms with Crippen molar-refractivity contribution in [3.63, 3.8) is 0 Å². The highest BCUT2D eigenvalue weighted by molar-refractivity contribution is 7.17. The fraction of sp³-hybridized carbons (Fsp3) is 0.727.